The highest BCUT2D eigenvalue weighted by molar-refractivity contribution is 5.99. The van der Waals surface area contributed by atoms with Gasteiger partial charge in [-0.1, -0.05) is 26.0 Å². The van der Waals surface area contributed by atoms with Crippen molar-refractivity contribution in [1.82, 2.24) is 10.2 Å². The number of halogens is 1. The minimum absolute atomic E-state index is 0. The monoisotopic (exact) mass is 429 g/mol. The number of fused-ring (bicyclic) bond motifs is 1. The normalized spacial score (nSPS) is 14.9. The number of amides is 2. The standard InChI is InChI=1S/C24H31N3O2.ClH/c1-3-13-27(14-4-2)24(29)19-9-5-8-18(15-19)23(28)26-22-10-6-7-17-16-20(25)11-12-21(17)22;/h5,8-9,11-12,15-16,22H,3-4,6-7,10,13-14,25H2,1-2H3,(H,26,28);1H. The lowest BCUT2D eigenvalue weighted by Crippen LogP contribution is -2.33. The Morgan fingerprint density at radius 1 is 1.07 bits per heavy atom. The first-order valence-electron chi connectivity index (χ1n) is 10.6. The maximum atomic E-state index is 12.9. The van der Waals surface area contributed by atoms with Crippen LogP contribution in [0.2, 0.25) is 0 Å². The van der Waals surface area contributed by atoms with Crippen molar-refractivity contribution in [1.29, 1.82) is 0 Å². The van der Waals surface area contributed by atoms with E-state index >= 15 is 0 Å². The van der Waals surface area contributed by atoms with Crippen LogP contribution in [0.3, 0.4) is 0 Å². The number of nitrogen functional groups attached to an aromatic ring is 1. The van der Waals surface area contributed by atoms with E-state index in [-0.39, 0.29) is 30.3 Å². The predicted molar refractivity (Wildman–Crippen MR) is 124 cm³/mol. The number of anilines is 1. The maximum Gasteiger partial charge on any atom is 0.253 e. The second kappa shape index (κ2) is 11.0. The van der Waals surface area contributed by atoms with Gasteiger partial charge in [0.2, 0.25) is 0 Å². The number of carbonyl (C=O) groups excluding carboxylic acids is 2. The fourth-order valence-electron chi connectivity index (χ4n) is 4.06. The fourth-order valence-corrected chi connectivity index (χ4v) is 4.06. The molecule has 2 aromatic rings. The van der Waals surface area contributed by atoms with Crippen molar-refractivity contribution in [3.05, 3.63) is 64.7 Å². The van der Waals surface area contributed by atoms with E-state index in [1.807, 2.05) is 23.1 Å². The van der Waals surface area contributed by atoms with Gasteiger partial charge < -0.3 is 16.0 Å². The van der Waals surface area contributed by atoms with Crippen LogP contribution in [0.4, 0.5) is 5.69 Å². The van der Waals surface area contributed by atoms with Crippen LogP contribution in [0, 0.1) is 0 Å². The Balaban J connectivity index is 0.00000320. The molecule has 30 heavy (non-hydrogen) atoms. The largest absolute Gasteiger partial charge is 0.399 e. The number of hydrogen-bond donors (Lipinski definition) is 2. The van der Waals surface area contributed by atoms with Crippen LogP contribution < -0.4 is 11.1 Å². The molecule has 1 atom stereocenters. The molecule has 0 bridgehead atoms. The van der Waals surface area contributed by atoms with E-state index in [9.17, 15) is 9.59 Å². The van der Waals surface area contributed by atoms with E-state index in [0.717, 1.165) is 56.4 Å². The molecule has 2 amide bonds. The third-order valence-corrected chi connectivity index (χ3v) is 5.43. The topological polar surface area (TPSA) is 75.4 Å². The SMILES string of the molecule is CCCN(CCC)C(=O)c1cccc(C(=O)NC2CCCc3cc(N)ccc32)c1.Cl. The molecule has 0 aromatic heterocycles. The number of hydrogen-bond acceptors (Lipinski definition) is 3. The van der Waals surface area contributed by atoms with E-state index in [4.69, 9.17) is 5.73 Å². The first kappa shape index (κ1) is 23.7. The van der Waals surface area contributed by atoms with Crippen molar-refractivity contribution >= 4 is 29.9 Å². The van der Waals surface area contributed by atoms with Gasteiger partial charge in [0.25, 0.3) is 11.8 Å². The van der Waals surface area contributed by atoms with E-state index in [0.29, 0.717) is 11.1 Å². The molecule has 6 heteroatoms. The Morgan fingerprint density at radius 2 is 1.77 bits per heavy atom. The van der Waals surface area contributed by atoms with Crippen LogP contribution in [0.5, 0.6) is 0 Å². The molecule has 1 aliphatic rings. The summed E-state index contributed by atoms with van der Waals surface area (Å²) in [6, 6.07) is 12.9. The summed E-state index contributed by atoms with van der Waals surface area (Å²) in [7, 11) is 0. The smallest absolute Gasteiger partial charge is 0.253 e. The second-order valence-electron chi connectivity index (χ2n) is 7.75. The van der Waals surface area contributed by atoms with Gasteiger partial charge in [-0.15, -0.1) is 12.4 Å². The Labute approximate surface area is 185 Å². The lowest BCUT2D eigenvalue weighted by molar-refractivity contribution is 0.0755. The van der Waals surface area contributed by atoms with Gasteiger partial charge in [0.05, 0.1) is 6.04 Å². The van der Waals surface area contributed by atoms with Crippen molar-refractivity contribution in [3.63, 3.8) is 0 Å². The molecule has 0 saturated heterocycles. The van der Waals surface area contributed by atoms with Crippen molar-refractivity contribution < 1.29 is 9.59 Å². The molecule has 0 saturated carbocycles. The average molecular weight is 430 g/mol. The number of benzene rings is 2. The molecule has 0 fully saturated rings. The number of rotatable bonds is 7. The van der Waals surface area contributed by atoms with Gasteiger partial charge in [-0.05, 0) is 73.6 Å². The Bertz CT molecular complexity index is 879. The number of nitrogens with one attached hydrogen (secondary N) is 1. The molecule has 3 rings (SSSR count). The fraction of sp³-hybridized carbons (Fsp3) is 0.417. The predicted octanol–water partition coefficient (Wildman–Crippen LogP) is 4.76. The quantitative estimate of drug-likeness (QED) is 0.623. The second-order valence-corrected chi connectivity index (χ2v) is 7.75. The van der Waals surface area contributed by atoms with E-state index in [2.05, 4.69) is 19.2 Å². The summed E-state index contributed by atoms with van der Waals surface area (Å²) in [6.07, 6.45) is 4.74. The van der Waals surface area contributed by atoms with E-state index in [1.165, 1.54) is 5.56 Å². The van der Waals surface area contributed by atoms with Crippen LogP contribution in [-0.2, 0) is 6.42 Å². The summed E-state index contributed by atoms with van der Waals surface area (Å²) in [4.78, 5) is 27.7. The molecule has 0 radical (unpaired) electrons. The highest BCUT2D eigenvalue weighted by Gasteiger charge is 2.23. The molecule has 1 aliphatic carbocycles. The number of carbonyl (C=O) groups is 2. The summed E-state index contributed by atoms with van der Waals surface area (Å²) >= 11 is 0. The molecule has 0 spiro atoms. The highest BCUT2D eigenvalue weighted by Crippen LogP contribution is 2.31. The lowest BCUT2D eigenvalue weighted by atomic mass is 9.87. The summed E-state index contributed by atoms with van der Waals surface area (Å²) in [5.74, 6) is -0.159. The zero-order chi connectivity index (χ0) is 20.8. The van der Waals surface area contributed by atoms with Gasteiger partial charge in [0.15, 0.2) is 0 Å². The molecule has 3 N–H and O–H groups in total. The first-order valence-corrected chi connectivity index (χ1v) is 10.6. The summed E-state index contributed by atoms with van der Waals surface area (Å²) in [6.45, 7) is 5.58. The first-order chi connectivity index (χ1) is 14.0. The van der Waals surface area contributed by atoms with Gasteiger partial charge in [0.1, 0.15) is 0 Å². The third-order valence-electron chi connectivity index (χ3n) is 5.43. The van der Waals surface area contributed by atoms with Crippen LogP contribution in [-0.4, -0.2) is 29.8 Å². The third kappa shape index (κ3) is 5.54. The molecule has 2 aromatic carbocycles. The molecule has 162 valence electrons. The molecular formula is C24H32ClN3O2. The zero-order valence-electron chi connectivity index (χ0n) is 17.8. The molecule has 0 aliphatic heterocycles. The average Bonchev–Trinajstić information content (AvgIpc) is 2.73. The van der Waals surface area contributed by atoms with Gasteiger partial charge in [-0.3, -0.25) is 9.59 Å². The summed E-state index contributed by atoms with van der Waals surface area (Å²) in [5.41, 5.74) is 10.1. The molecule has 5 nitrogen and oxygen atoms in total. The Hall–Kier alpha value is -2.53. The van der Waals surface area contributed by atoms with Gasteiger partial charge in [0, 0.05) is 29.9 Å². The molecule has 0 heterocycles. The van der Waals surface area contributed by atoms with Crippen LogP contribution >= 0.6 is 12.4 Å². The molecular weight excluding hydrogens is 398 g/mol. The number of nitrogens with two attached hydrogens (primary N) is 1. The molecule has 1 unspecified atom stereocenters. The Kier molecular flexibility index (Phi) is 8.72. The van der Waals surface area contributed by atoms with E-state index < -0.39 is 0 Å². The summed E-state index contributed by atoms with van der Waals surface area (Å²) < 4.78 is 0. The maximum absolute atomic E-state index is 12.9. The Morgan fingerprint density at radius 3 is 2.47 bits per heavy atom. The highest BCUT2D eigenvalue weighted by atomic mass is 35.5. The number of aryl methyl sites for hydroxylation is 1. The van der Waals surface area contributed by atoms with Gasteiger partial charge >= 0.3 is 0 Å². The lowest BCUT2D eigenvalue weighted by Gasteiger charge is -2.27. The van der Waals surface area contributed by atoms with Crippen LogP contribution in [0.1, 0.15) is 77.4 Å². The van der Waals surface area contributed by atoms with Crippen LogP contribution in [0.25, 0.3) is 0 Å². The van der Waals surface area contributed by atoms with Crippen molar-refractivity contribution in [2.24, 2.45) is 0 Å². The number of nitrogens with zero attached hydrogens (tertiary/aromatic N) is 1. The van der Waals surface area contributed by atoms with Crippen molar-refractivity contribution in [3.8, 4) is 0 Å². The van der Waals surface area contributed by atoms with Gasteiger partial charge in [-0.2, -0.15) is 0 Å². The van der Waals surface area contributed by atoms with Crippen LogP contribution in [0.15, 0.2) is 42.5 Å². The van der Waals surface area contributed by atoms with Crippen molar-refractivity contribution in [2.75, 3.05) is 18.8 Å². The van der Waals surface area contributed by atoms with Gasteiger partial charge in [-0.25, -0.2) is 0 Å². The summed E-state index contributed by atoms with van der Waals surface area (Å²) in [5, 5.41) is 3.15. The van der Waals surface area contributed by atoms with Crippen molar-refractivity contribution in [2.45, 2.75) is 52.0 Å². The minimum Gasteiger partial charge on any atom is -0.399 e. The van der Waals surface area contributed by atoms with E-state index in [1.54, 1.807) is 24.3 Å². The zero-order valence-corrected chi connectivity index (χ0v) is 18.6. The minimum atomic E-state index is -0.146.